The number of furan rings is 1. The van der Waals surface area contributed by atoms with Crippen molar-refractivity contribution in [3.05, 3.63) is 24.2 Å². The van der Waals surface area contributed by atoms with Crippen molar-refractivity contribution in [2.75, 3.05) is 33.7 Å². The van der Waals surface area contributed by atoms with Gasteiger partial charge in [0.1, 0.15) is 5.76 Å². The fourth-order valence-electron chi connectivity index (χ4n) is 1.38. The van der Waals surface area contributed by atoms with E-state index in [9.17, 15) is 4.79 Å². The van der Waals surface area contributed by atoms with Crippen LogP contribution >= 0.6 is 0 Å². The molecule has 5 heteroatoms. The van der Waals surface area contributed by atoms with E-state index in [-0.39, 0.29) is 5.91 Å². The minimum atomic E-state index is -0.00810. The maximum atomic E-state index is 11.4. The van der Waals surface area contributed by atoms with Crippen LogP contribution in [0.15, 0.2) is 22.8 Å². The van der Waals surface area contributed by atoms with Crippen molar-refractivity contribution in [2.24, 2.45) is 0 Å². The predicted octanol–water partition coefficient (Wildman–Crippen LogP) is 0.437. The quantitative estimate of drug-likeness (QED) is 0.646. The first-order valence-electron chi connectivity index (χ1n) is 5.83. The van der Waals surface area contributed by atoms with Crippen molar-refractivity contribution in [1.29, 1.82) is 0 Å². The number of carbonyl (C=O) groups is 1. The standard InChI is InChI=1S/C12H21N3O2/c1-15(2)7-4-6-13-10-12(16)14-9-11-5-3-8-17-11/h3,5,8,13H,4,6-7,9-10H2,1-2H3,(H,14,16). The Labute approximate surface area is 102 Å². The topological polar surface area (TPSA) is 57.5 Å². The number of nitrogens with one attached hydrogen (secondary N) is 2. The van der Waals surface area contributed by atoms with Gasteiger partial charge < -0.3 is 20.0 Å². The molecule has 0 atom stereocenters. The fraction of sp³-hybridized carbons (Fsp3) is 0.583. The molecule has 1 aromatic heterocycles. The van der Waals surface area contributed by atoms with Crippen LogP contribution in [0.3, 0.4) is 0 Å². The Kier molecular flexibility index (Phi) is 6.35. The van der Waals surface area contributed by atoms with Crippen molar-refractivity contribution in [1.82, 2.24) is 15.5 Å². The second kappa shape index (κ2) is 7.86. The molecular formula is C12H21N3O2. The molecule has 17 heavy (non-hydrogen) atoms. The maximum absolute atomic E-state index is 11.4. The Bertz CT molecular complexity index is 310. The third-order valence-electron chi connectivity index (χ3n) is 2.28. The highest BCUT2D eigenvalue weighted by atomic mass is 16.3. The molecule has 0 aliphatic heterocycles. The summed E-state index contributed by atoms with van der Waals surface area (Å²) >= 11 is 0. The van der Waals surface area contributed by atoms with E-state index in [2.05, 4.69) is 15.5 Å². The minimum absolute atomic E-state index is 0.00810. The van der Waals surface area contributed by atoms with Gasteiger partial charge in [-0.3, -0.25) is 4.79 Å². The Balaban J connectivity index is 1.98. The molecular weight excluding hydrogens is 218 g/mol. The molecule has 0 saturated carbocycles. The van der Waals surface area contributed by atoms with Crippen LogP contribution in [-0.2, 0) is 11.3 Å². The summed E-state index contributed by atoms with van der Waals surface area (Å²) in [6.07, 6.45) is 2.64. The van der Waals surface area contributed by atoms with Crippen LogP contribution in [0, 0.1) is 0 Å². The fourth-order valence-corrected chi connectivity index (χ4v) is 1.38. The first-order valence-corrected chi connectivity index (χ1v) is 5.83. The van der Waals surface area contributed by atoms with E-state index in [1.807, 2.05) is 20.2 Å². The first-order chi connectivity index (χ1) is 8.18. The SMILES string of the molecule is CN(C)CCCNCC(=O)NCc1ccco1. The Morgan fingerprint density at radius 3 is 2.94 bits per heavy atom. The molecule has 1 heterocycles. The molecule has 0 bridgehead atoms. The zero-order chi connectivity index (χ0) is 12.5. The molecule has 0 saturated heterocycles. The highest BCUT2D eigenvalue weighted by molar-refractivity contribution is 5.77. The monoisotopic (exact) mass is 239 g/mol. The molecule has 96 valence electrons. The lowest BCUT2D eigenvalue weighted by atomic mass is 10.4. The van der Waals surface area contributed by atoms with Gasteiger partial charge in [-0.1, -0.05) is 0 Å². The van der Waals surface area contributed by atoms with Crippen molar-refractivity contribution in [3.63, 3.8) is 0 Å². The summed E-state index contributed by atoms with van der Waals surface area (Å²) < 4.78 is 5.11. The van der Waals surface area contributed by atoms with Gasteiger partial charge in [0, 0.05) is 0 Å². The highest BCUT2D eigenvalue weighted by Gasteiger charge is 2.01. The van der Waals surface area contributed by atoms with Gasteiger partial charge in [0.05, 0.1) is 19.4 Å². The van der Waals surface area contributed by atoms with Crippen LogP contribution in [-0.4, -0.2) is 44.5 Å². The van der Waals surface area contributed by atoms with Gasteiger partial charge in [-0.25, -0.2) is 0 Å². The van der Waals surface area contributed by atoms with E-state index in [4.69, 9.17) is 4.42 Å². The molecule has 0 aromatic carbocycles. The average Bonchev–Trinajstić information content (AvgIpc) is 2.78. The molecule has 1 amide bonds. The summed E-state index contributed by atoms with van der Waals surface area (Å²) in [6.45, 7) is 2.69. The van der Waals surface area contributed by atoms with E-state index in [1.54, 1.807) is 12.3 Å². The lowest BCUT2D eigenvalue weighted by molar-refractivity contribution is -0.120. The largest absolute Gasteiger partial charge is 0.467 e. The maximum Gasteiger partial charge on any atom is 0.234 e. The lowest BCUT2D eigenvalue weighted by Gasteiger charge is -2.09. The number of hydrogen-bond acceptors (Lipinski definition) is 4. The van der Waals surface area contributed by atoms with Crippen LogP contribution in [0.25, 0.3) is 0 Å². The Hall–Kier alpha value is -1.33. The normalized spacial score (nSPS) is 10.8. The average molecular weight is 239 g/mol. The first kappa shape index (κ1) is 13.7. The summed E-state index contributed by atoms with van der Waals surface area (Å²) in [5.41, 5.74) is 0. The van der Waals surface area contributed by atoms with Crippen LogP contribution in [0.4, 0.5) is 0 Å². The number of hydrogen-bond donors (Lipinski definition) is 2. The third kappa shape index (κ3) is 6.76. The van der Waals surface area contributed by atoms with Crippen LogP contribution in [0.2, 0.25) is 0 Å². The zero-order valence-corrected chi connectivity index (χ0v) is 10.5. The molecule has 0 fully saturated rings. The molecule has 0 aliphatic rings. The van der Waals surface area contributed by atoms with E-state index >= 15 is 0 Å². The summed E-state index contributed by atoms with van der Waals surface area (Å²) in [7, 11) is 4.08. The predicted molar refractivity (Wildman–Crippen MR) is 66.6 cm³/mol. The van der Waals surface area contributed by atoms with Crippen LogP contribution in [0.1, 0.15) is 12.2 Å². The number of rotatable bonds is 8. The summed E-state index contributed by atoms with van der Waals surface area (Å²) in [6, 6.07) is 3.64. The smallest absolute Gasteiger partial charge is 0.234 e. The van der Waals surface area contributed by atoms with Crippen LogP contribution in [0.5, 0.6) is 0 Å². The summed E-state index contributed by atoms with van der Waals surface area (Å²) in [5, 5.41) is 5.88. The van der Waals surface area contributed by atoms with Crippen molar-refractivity contribution < 1.29 is 9.21 Å². The Morgan fingerprint density at radius 1 is 1.47 bits per heavy atom. The molecule has 5 nitrogen and oxygen atoms in total. The highest BCUT2D eigenvalue weighted by Crippen LogP contribution is 1.97. The van der Waals surface area contributed by atoms with Gasteiger partial charge >= 0.3 is 0 Å². The van der Waals surface area contributed by atoms with Gasteiger partial charge in [-0.05, 0) is 45.7 Å². The molecule has 2 N–H and O–H groups in total. The number of carbonyl (C=O) groups excluding carboxylic acids is 1. The second-order valence-corrected chi connectivity index (χ2v) is 4.19. The van der Waals surface area contributed by atoms with E-state index in [0.29, 0.717) is 13.1 Å². The third-order valence-corrected chi connectivity index (χ3v) is 2.28. The minimum Gasteiger partial charge on any atom is -0.467 e. The molecule has 0 spiro atoms. The van der Waals surface area contributed by atoms with Gasteiger partial charge in [0.2, 0.25) is 5.91 Å². The molecule has 1 rings (SSSR count). The second-order valence-electron chi connectivity index (χ2n) is 4.19. The van der Waals surface area contributed by atoms with Gasteiger partial charge in [0.15, 0.2) is 0 Å². The van der Waals surface area contributed by atoms with E-state index in [0.717, 1.165) is 25.3 Å². The van der Waals surface area contributed by atoms with Crippen molar-refractivity contribution >= 4 is 5.91 Å². The lowest BCUT2D eigenvalue weighted by Crippen LogP contribution is -2.34. The Morgan fingerprint density at radius 2 is 2.29 bits per heavy atom. The van der Waals surface area contributed by atoms with Gasteiger partial charge in [-0.15, -0.1) is 0 Å². The van der Waals surface area contributed by atoms with E-state index < -0.39 is 0 Å². The number of nitrogens with zero attached hydrogens (tertiary/aromatic N) is 1. The van der Waals surface area contributed by atoms with Crippen LogP contribution < -0.4 is 10.6 Å². The summed E-state index contributed by atoms with van der Waals surface area (Å²) in [4.78, 5) is 13.5. The van der Waals surface area contributed by atoms with Gasteiger partial charge in [0.25, 0.3) is 0 Å². The zero-order valence-electron chi connectivity index (χ0n) is 10.5. The summed E-state index contributed by atoms with van der Waals surface area (Å²) in [5.74, 6) is 0.761. The van der Waals surface area contributed by atoms with E-state index in [1.165, 1.54) is 0 Å². The number of amides is 1. The molecule has 0 radical (unpaired) electrons. The van der Waals surface area contributed by atoms with Crippen molar-refractivity contribution in [3.8, 4) is 0 Å². The molecule has 1 aromatic rings. The molecule has 0 aliphatic carbocycles. The van der Waals surface area contributed by atoms with Gasteiger partial charge in [-0.2, -0.15) is 0 Å². The molecule has 0 unspecified atom stereocenters. The van der Waals surface area contributed by atoms with Crippen molar-refractivity contribution in [2.45, 2.75) is 13.0 Å².